The number of hydrogen-bond acceptors (Lipinski definition) is 2. The van der Waals surface area contributed by atoms with Gasteiger partial charge in [0, 0.05) is 11.1 Å². The van der Waals surface area contributed by atoms with Crippen LogP contribution in [-0.4, -0.2) is 0 Å². The molecule has 2 nitrogen and oxygen atoms in total. The van der Waals surface area contributed by atoms with Crippen molar-refractivity contribution in [3.05, 3.63) is 233 Å². The minimum Gasteiger partial charge on any atom is -0.453 e. The summed E-state index contributed by atoms with van der Waals surface area (Å²) >= 11 is 0. The standard InChI is InChI=1S/C56H43NO/c1-3-55(4-2)48-36-38(31-34-43(48)44-35-33-42(37-49(44)55)57-50-26-13-15-28-52(50)58-53-29-16-14-27-51(53)57)30-32-39-18-17-25-47-54(39)45-23-11-12-24-46(45)56(47,40-19-7-5-8-20-40)41-21-9-6-10-22-41/h5-37H,3-4H2,1-2H3/b32-30+. The van der Waals surface area contributed by atoms with Crippen LogP contribution in [0.2, 0.25) is 0 Å². The fourth-order valence-electron chi connectivity index (χ4n) is 10.6. The van der Waals surface area contributed by atoms with Crippen LogP contribution in [0.25, 0.3) is 34.4 Å². The van der Waals surface area contributed by atoms with Crippen molar-refractivity contribution in [1.29, 1.82) is 0 Å². The molecule has 58 heavy (non-hydrogen) atoms. The maximum absolute atomic E-state index is 6.37. The molecule has 8 aromatic carbocycles. The zero-order chi connectivity index (χ0) is 38.8. The molecule has 0 radical (unpaired) electrons. The van der Waals surface area contributed by atoms with E-state index in [0.29, 0.717) is 0 Å². The van der Waals surface area contributed by atoms with Crippen LogP contribution in [0.4, 0.5) is 17.1 Å². The Kier molecular flexibility index (Phi) is 7.91. The minimum absolute atomic E-state index is 0.103. The van der Waals surface area contributed by atoms with Gasteiger partial charge >= 0.3 is 0 Å². The molecular formula is C56H43NO. The molecule has 0 aromatic heterocycles. The average Bonchev–Trinajstić information content (AvgIpc) is 3.75. The second-order valence-electron chi connectivity index (χ2n) is 15.8. The first-order chi connectivity index (χ1) is 28.7. The molecule has 0 fully saturated rings. The molecular weight excluding hydrogens is 703 g/mol. The van der Waals surface area contributed by atoms with Gasteiger partial charge in [-0.2, -0.15) is 0 Å². The van der Waals surface area contributed by atoms with Gasteiger partial charge in [-0.25, -0.2) is 0 Å². The highest BCUT2D eigenvalue weighted by atomic mass is 16.5. The van der Waals surface area contributed by atoms with E-state index in [4.69, 9.17) is 4.74 Å². The van der Waals surface area contributed by atoms with Gasteiger partial charge in [0.1, 0.15) is 0 Å². The smallest absolute Gasteiger partial charge is 0.151 e. The summed E-state index contributed by atoms with van der Waals surface area (Å²) in [6.07, 6.45) is 6.70. The van der Waals surface area contributed by atoms with E-state index in [1.165, 1.54) is 66.8 Å². The first-order valence-corrected chi connectivity index (χ1v) is 20.6. The maximum Gasteiger partial charge on any atom is 0.151 e. The molecule has 2 heteroatoms. The molecule has 0 bridgehead atoms. The molecule has 1 aliphatic heterocycles. The molecule has 0 spiro atoms. The minimum atomic E-state index is -0.413. The summed E-state index contributed by atoms with van der Waals surface area (Å²) in [5.41, 5.74) is 18.5. The van der Waals surface area contributed by atoms with Crippen molar-refractivity contribution in [2.45, 2.75) is 37.5 Å². The van der Waals surface area contributed by atoms with Crippen LogP contribution >= 0.6 is 0 Å². The van der Waals surface area contributed by atoms with Crippen molar-refractivity contribution in [2.24, 2.45) is 0 Å². The van der Waals surface area contributed by atoms with Crippen LogP contribution in [0.15, 0.2) is 188 Å². The van der Waals surface area contributed by atoms with Crippen molar-refractivity contribution in [3.8, 4) is 33.8 Å². The summed E-state index contributed by atoms with van der Waals surface area (Å²) in [6.45, 7) is 4.71. The van der Waals surface area contributed by atoms with Crippen LogP contribution in [-0.2, 0) is 10.8 Å². The second kappa shape index (κ2) is 13.4. The lowest BCUT2D eigenvalue weighted by Gasteiger charge is -2.34. The summed E-state index contributed by atoms with van der Waals surface area (Å²) in [4.78, 5) is 2.36. The van der Waals surface area contributed by atoms with Gasteiger partial charge in [0.25, 0.3) is 0 Å². The van der Waals surface area contributed by atoms with Crippen LogP contribution in [0.1, 0.15) is 71.2 Å². The van der Waals surface area contributed by atoms with Crippen LogP contribution in [0.3, 0.4) is 0 Å². The number of anilines is 3. The summed E-state index contributed by atoms with van der Waals surface area (Å²) in [5.74, 6) is 1.74. The van der Waals surface area contributed by atoms with Gasteiger partial charge in [0.2, 0.25) is 0 Å². The number of fused-ring (bicyclic) bond motifs is 8. The van der Waals surface area contributed by atoms with E-state index >= 15 is 0 Å². The second-order valence-corrected chi connectivity index (χ2v) is 15.8. The normalized spacial score (nSPS) is 14.8. The third-order valence-corrected chi connectivity index (χ3v) is 13.2. The van der Waals surface area contributed by atoms with Crippen LogP contribution < -0.4 is 9.64 Å². The lowest BCUT2D eigenvalue weighted by Crippen LogP contribution is -2.28. The van der Waals surface area contributed by atoms with Gasteiger partial charge in [-0.1, -0.05) is 178 Å². The van der Waals surface area contributed by atoms with Gasteiger partial charge in [0.05, 0.1) is 16.8 Å². The summed E-state index contributed by atoms with van der Waals surface area (Å²) in [7, 11) is 0. The predicted octanol–water partition coefficient (Wildman–Crippen LogP) is 14.9. The van der Waals surface area contributed by atoms with Gasteiger partial charge in [-0.3, -0.25) is 0 Å². The Morgan fingerprint density at radius 1 is 0.466 bits per heavy atom. The molecule has 0 saturated heterocycles. The SMILES string of the molecule is CCC1(CC)c2cc(/C=C/c3cccc4c3-c3ccccc3C4(c3ccccc3)c3ccccc3)ccc2-c2ccc(N3c4ccccc4Oc4ccccc43)cc21. The van der Waals surface area contributed by atoms with Gasteiger partial charge in [0.15, 0.2) is 11.5 Å². The molecule has 8 aromatic rings. The number of hydrogen-bond donors (Lipinski definition) is 0. The topological polar surface area (TPSA) is 12.5 Å². The number of nitrogens with zero attached hydrogens (tertiary/aromatic N) is 1. The molecule has 0 unspecified atom stereocenters. The van der Waals surface area contributed by atoms with Crippen molar-refractivity contribution in [3.63, 3.8) is 0 Å². The van der Waals surface area contributed by atoms with E-state index < -0.39 is 5.41 Å². The Labute approximate surface area is 341 Å². The van der Waals surface area contributed by atoms with Crippen molar-refractivity contribution in [1.82, 2.24) is 0 Å². The van der Waals surface area contributed by atoms with E-state index in [9.17, 15) is 0 Å². The highest BCUT2D eigenvalue weighted by Gasteiger charge is 2.46. The fourth-order valence-corrected chi connectivity index (χ4v) is 10.6. The Balaban J connectivity index is 1.01. The number of ether oxygens (including phenoxy) is 1. The highest BCUT2D eigenvalue weighted by molar-refractivity contribution is 5.94. The van der Waals surface area contributed by atoms with E-state index in [2.05, 4.69) is 207 Å². The molecule has 3 aliphatic rings. The zero-order valence-electron chi connectivity index (χ0n) is 32.8. The first-order valence-electron chi connectivity index (χ1n) is 20.6. The Hall–Kier alpha value is -6.90. The van der Waals surface area contributed by atoms with Gasteiger partial charge < -0.3 is 9.64 Å². The van der Waals surface area contributed by atoms with E-state index in [-0.39, 0.29) is 5.41 Å². The largest absolute Gasteiger partial charge is 0.453 e. The average molecular weight is 746 g/mol. The van der Waals surface area contributed by atoms with Crippen LogP contribution in [0, 0.1) is 0 Å². The third kappa shape index (κ3) is 4.85. The van der Waals surface area contributed by atoms with Gasteiger partial charge in [-0.15, -0.1) is 0 Å². The Morgan fingerprint density at radius 2 is 1.03 bits per heavy atom. The molecule has 0 atom stereocenters. The molecule has 0 amide bonds. The number of rotatable bonds is 7. The number of benzene rings is 8. The van der Waals surface area contributed by atoms with Crippen molar-refractivity contribution < 1.29 is 4.74 Å². The summed E-state index contributed by atoms with van der Waals surface area (Å²) in [6, 6.07) is 68.9. The third-order valence-electron chi connectivity index (χ3n) is 13.2. The molecule has 0 N–H and O–H groups in total. The Bertz CT molecular complexity index is 2820. The number of para-hydroxylation sites is 4. The molecule has 0 saturated carbocycles. The summed E-state index contributed by atoms with van der Waals surface area (Å²) in [5, 5.41) is 0. The highest BCUT2D eigenvalue weighted by Crippen LogP contribution is 2.58. The molecule has 278 valence electrons. The van der Waals surface area contributed by atoms with E-state index in [0.717, 1.165) is 41.4 Å². The van der Waals surface area contributed by atoms with Crippen molar-refractivity contribution in [2.75, 3.05) is 4.90 Å². The monoisotopic (exact) mass is 745 g/mol. The first kappa shape index (κ1) is 34.4. The van der Waals surface area contributed by atoms with E-state index in [1.54, 1.807) is 0 Å². The molecule has 11 rings (SSSR count). The van der Waals surface area contributed by atoms with Gasteiger partial charge in [-0.05, 0) is 116 Å². The van der Waals surface area contributed by atoms with Crippen molar-refractivity contribution >= 4 is 29.2 Å². The maximum atomic E-state index is 6.37. The lowest BCUT2D eigenvalue weighted by atomic mass is 9.67. The summed E-state index contributed by atoms with van der Waals surface area (Å²) < 4.78 is 6.37. The van der Waals surface area contributed by atoms with E-state index in [1.807, 2.05) is 12.1 Å². The fraction of sp³-hybridized carbons (Fsp3) is 0.107. The Morgan fingerprint density at radius 3 is 1.71 bits per heavy atom. The lowest BCUT2D eigenvalue weighted by molar-refractivity contribution is 0.476. The van der Waals surface area contributed by atoms with Crippen LogP contribution in [0.5, 0.6) is 11.5 Å². The zero-order valence-corrected chi connectivity index (χ0v) is 32.8. The molecule has 1 heterocycles. The predicted molar refractivity (Wildman–Crippen MR) is 241 cm³/mol. The quantitative estimate of drug-likeness (QED) is 0.151. The molecule has 2 aliphatic carbocycles.